The van der Waals surface area contributed by atoms with Crippen molar-refractivity contribution in [1.29, 1.82) is 0 Å². The smallest absolute Gasteiger partial charge is 0.232 e. The summed E-state index contributed by atoms with van der Waals surface area (Å²) >= 11 is 0. The molecule has 5 rings (SSSR count). The molecular weight excluding hydrogens is 318 g/mol. The molecule has 25 heavy (non-hydrogen) atoms. The minimum absolute atomic E-state index is 0.230. The fraction of sp³-hybridized carbons (Fsp3) is 0.316. The fourth-order valence-corrected chi connectivity index (χ4v) is 3.58. The van der Waals surface area contributed by atoms with Crippen molar-refractivity contribution in [1.82, 2.24) is 15.1 Å². The van der Waals surface area contributed by atoms with Crippen LogP contribution in [0.15, 0.2) is 53.2 Å². The summed E-state index contributed by atoms with van der Waals surface area (Å²) in [4.78, 5) is 8.88. The average molecular weight is 335 g/mol. The largest absolute Gasteiger partial charge is 0.439 e. The number of pyridine rings is 1. The van der Waals surface area contributed by atoms with Crippen molar-refractivity contribution in [3.05, 3.63) is 54.6 Å². The molecule has 0 amide bonds. The number of aromatic nitrogens is 3. The van der Waals surface area contributed by atoms with E-state index in [4.69, 9.17) is 14.0 Å². The van der Waals surface area contributed by atoms with Gasteiger partial charge in [0.05, 0.1) is 18.1 Å². The minimum atomic E-state index is 0.230. The van der Waals surface area contributed by atoms with Crippen LogP contribution < -0.4 is 4.74 Å². The highest BCUT2D eigenvalue weighted by atomic mass is 16.5. The van der Waals surface area contributed by atoms with Crippen LogP contribution in [0.1, 0.15) is 31.1 Å². The van der Waals surface area contributed by atoms with E-state index in [2.05, 4.69) is 15.1 Å². The Kier molecular flexibility index (Phi) is 3.48. The van der Waals surface area contributed by atoms with Crippen LogP contribution in [0.2, 0.25) is 0 Å². The van der Waals surface area contributed by atoms with E-state index in [-0.39, 0.29) is 12.0 Å². The molecule has 2 aliphatic heterocycles. The zero-order chi connectivity index (χ0) is 16.6. The van der Waals surface area contributed by atoms with Crippen molar-refractivity contribution in [3.63, 3.8) is 0 Å². The van der Waals surface area contributed by atoms with Gasteiger partial charge in [-0.2, -0.15) is 4.98 Å². The number of nitrogens with zero attached hydrogens (tertiary/aromatic N) is 3. The molecule has 0 saturated carbocycles. The summed E-state index contributed by atoms with van der Waals surface area (Å²) in [6.07, 6.45) is 5.51. The number of rotatable bonds is 4. The lowest BCUT2D eigenvalue weighted by atomic mass is 9.89. The number of para-hydroxylation sites is 1. The quantitative estimate of drug-likeness (QED) is 0.719. The van der Waals surface area contributed by atoms with Gasteiger partial charge in [-0.3, -0.25) is 0 Å². The number of fused-ring (bicyclic) bond motifs is 2. The SMILES string of the molecule is c1ccc(Oc2ccc(-c3noc([C@@H]4C[C@H]5CC[C@@H]4O5)n3)cn2)cc1. The Morgan fingerprint density at radius 2 is 1.96 bits per heavy atom. The summed E-state index contributed by atoms with van der Waals surface area (Å²) < 4.78 is 17.0. The maximum absolute atomic E-state index is 5.87. The predicted molar refractivity (Wildman–Crippen MR) is 89.3 cm³/mol. The zero-order valence-electron chi connectivity index (χ0n) is 13.5. The van der Waals surface area contributed by atoms with Crippen molar-refractivity contribution >= 4 is 0 Å². The Morgan fingerprint density at radius 3 is 2.68 bits per heavy atom. The molecule has 2 aromatic heterocycles. The van der Waals surface area contributed by atoms with Crippen molar-refractivity contribution in [3.8, 4) is 23.0 Å². The van der Waals surface area contributed by atoms with E-state index in [0.717, 1.165) is 30.6 Å². The molecule has 0 radical (unpaired) electrons. The Bertz CT molecular complexity index is 863. The van der Waals surface area contributed by atoms with Gasteiger partial charge in [-0.1, -0.05) is 23.4 Å². The normalized spacial score (nSPS) is 24.6. The second kappa shape index (κ2) is 5.97. The van der Waals surface area contributed by atoms with Crippen molar-refractivity contribution < 1.29 is 14.0 Å². The number of benzene rings is 1. The van der Waals surface area contributed by atoms with E-state index in [0.29, 0.717) is 23.7 Å². The summed E-state index contributed by atoms with van der Waals surface area (Å²) in [6, 6.07) is 13.2. The van der Waals surface area contributed by atoms with Gasteiger partial charge < -0.3 is 14.0 Å². The topological polar surface area (TPSA) is 70.3 Å². The zero-order valence-corrected chi connectivity index (χ0v) is 13.5. The van der Waals surface area contributed by atoms with Gasteiger partial charge in [0.25, 0.3) is 0 Å². The van der Waals surface area contributed by atoms with Crippen LogP contribution in [0.5, 0.6) is 11.6 Å². The first kappa shape index (κ1) is 14.6. The molecule has 0 unspecified atom stereocenters. The molecule has 0 spiro atoms. The van der Waals surface area contributed by atoms with Crippen LogP contribution in [0.25, 0.3) is 11.4 Å². The molecule has 2 saturated heterocycles. The van der Waals surface area contributed by atoms with E-state index in [1.54, 1.807) is 12.3 Å². The van der Waals surface area contributed by atoms with Gasteiger partial charge in [-0.05, 0) is 37.5 Å². The molecule has 6 nitrogen and oxygen atoms in total. The number of hydrogen-bond acceptors (Lipinski definition) is 6. The molecule has 2 aliphatic rings. The van der Waals surface area contributed by atoms with E-state index >= 15 is 0 Å². The van der Waals surface area contributed by atoms with Crippen LogP contribution in [-0.2, 0) is 4.74 Å². The third-order valence-electron chi connectivity index (χ3n) is 4.83. The van der Waals surface area contributed by atoms with E-state index in [1.165, 1.54) is 0 Å². The molecular formula is C19H17N3O3. The van der Waals surface area contributed by atoms with Crippen molar-refractivity contribution in [2.75, 3.05) is 0 Å². The van der Waals surface area contributed by atoms with Gasteiger partial charge in [-0.25, -0.2) is 4.98 Å². The Balaban J connectivity index is 1.32. The fourth-order valence-electron chi connectivity index (χ4n) is 3.58. The van der Waals surface area contributed by atoms with Gasteiger partial charge in [0.15, 0.2) is 0 Å². The average Bonchev–Trinajstić information content (AvgIpc) is 3.40. The number of hydrogen-bond donors (Lipinski definition) is 0. The highest BCUT2D eigenvalue weighted by molar-refractivity contribution is 5.53. The van der Waals surface area contributed by atoms with E-state index in [1.807, 2.05) is 36.4 Å². The first-order valence-corrected chi connectivity index (χ1v) is 8.53. The third-order valence-corrected chi connectivity index (χ3v) is 4.83. The molecule has 2 fully saturated rings. The first-order valence-electron chi connectivity index (χ1n) is 8.53. The maximum atomic E-state index is 5.87. The van der Waals surface area contributed by atoms with Crippen LogP contribution in [-0.4, -0.2) is 27.3 Å². The van der Waals surface area contributed by atoms with Gasteiger partial charge >= 0.3 is 0 Å². The molecule has 3 atom stereocenters. The van der Waals surface area contributed by atoms with E-state index in [9.17, 15) is 0 Å². The Morgan fingerprint density at radius 1 is 1.04 bits per heavy atom. The summed E-state index contributed by atoms with van der Waals surface area (Å²) in [5.74, 6) is 2.73. The third kappa shape index (κ3) is 2.78. The lowest BCUT2D eigenvalue weighted by Gasteiger charge is -2.13. The summed E-state index contributed by atoms with van der Waals surface area (Å²) in [5.41, 5.74) is 0.805. The molecule has 126 valence electrons. The van der Waals surface area contributed by atoms with Crippen molar-refractivity contribution in [2.45, 2.75) is 37.4 Å². The molecule has 0 N–H and O–H groups in total. The second-order valence-corrected chi connectivity index (χ2v) is 6.47. The molecule has 3 aromatic rings. The lowest BCUT2D eigenvalue weighted by Crippen LogP contribution is -2.14. The van der Waals surface area contributed by atoms with Gasteiger partial charge in [0.2, 0.25) is 17.6 Å². The standard InChI is InChI=1S/C19H17N3O3/c1-2-4-13(5-3-1)24-17-9-6-12(11-20-17)18-21-19(25-22-18)15-10-14-7-8-16(15)23-14/h1-6,9,11,14-16H,7-8,10H2/t14-,15-,16+/m1/s1. The predicted octanol–water partition coefficient (Wildman–Crippen LogP) is 3.96. The molecule has 2 bridgehead atoms. The summed E-state index contributed by atoms with van der Waals surface area (Å²) in [7, 11) is 0. The molecule has 1 aromatic carbocycles. The molecule has 6 heteroatoms. The van der Waals surface area contributed by atoms with Gasteiger partial charge in [-0.15, -0.1) is 0 Å². The van der Waals surface area contributed by atoms with Gasteiger partial charge in [0, 0.05) is 17.8 Å². The Labute approximate surface area is 144 Å². The second-order valence-electron chi connectivity index (χ2n) is 6.47. The lowest BCUT2D eigenvalue weighted by molar-refractivity contribution is 0.0974. The van der Waals surface area contributed by atoms with Crippen LogP contribution >= 0.6 is 0 Å². The maximum Gasteiger partial charge on any atom is 0.232 e. The monoisotopic (exact) mass is 335 g/mol. The Hall–Kier alpha value is -2.73. The van der Waals surface area contributed by atoms with E-state index < -0.39 is 0 Å². The van der Waals surface area contributed by atoms with Crippen LogP contribution in [0.4, 0.5) is 0 Å². The van der Waals surface area contributed by atoms with Crippen LogP contribution in [0, 0.1) is 0 Å². The minimum Gasteiger partial charge on any atom is -0.439 e. The summed E-state index contributed by atoms with van der Waals surface area (Å²) in [5, 5.41) is 4.11. The molecule has 0 aliphatic carbocycles. The highest BCUT2D eigenvalue weighted by Gasteiger charge is 2.44. The first-order chi connectivity index (χ1) is 12.3. The van der Waals surface area contributed by atoms with Crippen LogP contribution in [0.3, 0.4) is 0 Å². The van der Waals surface area contributed by atoms with Crippen molar-refractivity contribution in [2.24, 2.45) is 0 Å². The van der Waals surface area contributed by atoms with Gasteiger partial charge in [0.1, 0.15) is 5.75 Å². The molecule has 4 heterocycles. The summed E-state index contributed by atoms with van der Waals surface area (Å²) in [6.45, 7) is 0. The highest BCUT2D eigenvalue weighted by Crippen LogP contribution is 2.44. The number of ether oxygens (including phenoxy) is 2.